The van der Waals surface area contributed by atoms with Crippen LogP contribution in [0.15, 0.2) is 63.3 Å². The lowest BCUT2D eigenvalue weighted by molar-refractivity contribution is 0.0952. The molecule has 0 atom stereocenters. The lowest BCUT2D eigenvalue weighted by Crippen LogP contribution is -2.23. The Morgan fingerprint density at radius 1 is 1.17 bits per heavy atom. The monoisotopic (exact) mass is 417 g/mol. The molecule has 5 heterocycles. The summed E-state index contributed by atoms with van der Waals surface area (Å²) in [5, 5.41) is 10.2. The highest BCUT2D eigenvalue weighted by Crippen LogP contribution is 2.27. The Labute approximate surface area is 174 Å². The average molecular weight is 417 g/mol. The molecule has 0 saturated heterocycles. The molecule has 5 rings (SSSR count). The van der Waals surface area contributed by atoms with Gasteiger partial charge in [-0.05, 0) is 37.3 Å². The maximum Gasteiger partial charge on any atom is 0.259 e. The van der Waals surface area contributed by atoms with Gasteiger partial charge in [-0.1, -0.05) is 5.16 Å². The molecule has 1 amide bonds. The summed E-state index contributed by atoms with van der Waals surface area (Å²) >= 11 is 1.49. The van der Waals surface area contributed by atoms with Gasteiger partial charge in [-0.3, -0.25) is 9.78 Å². The fourth-order valence-electron chi connectivity index (χ4n) is 3.12. The molecule has 0 spiro atoms. The number of aryl methyl sites for hydroxylation is 1. The van der Waals surface area contributed by atoms with Gasteiger partial charge < -0.3 is 14.3 Å². The number of carbonyl (C=O) groups is 1. The van der Waals surface area contributed by atoms with Crippen molar-refractivity contribution in [1.82, 2.24) is 25.4 Å². The number of nitrogens with one attached hydrogen (secondary N) is 1. The van der Waals surface area contributed by atoms with Crippen LogP contribution in [0, 0.1) is 6.92 Å². The first-order chi connectivity index (χ1) is 14.7. The minimum Gasteiger partial charge on any atom is -0.463 e. The highest BCUT2D eigenvalue weighted by Gasteiger charge is 2.20. The van der Waals surface area contributed by atoms with E-state index in [0.717, 1.165) is 16.3 Å². The minimum atomic E-state index is -0.262. The molecule has 0 radical (unpaired) electrons. The predicted octanol–water partition coefficient (Wildman–Crippen LogP) is 4.24. The van der Waals surface area contributed by atoms with Crippen LogP contribution in [0.4, 0.5) is 0 Å². The third kappa shape index (κ3) is 3.35. The second-order valence-corrected chi connectivity index (χ2v) is 7.47. The lowest BCUT2D eigenvalue weighted by Gasteiger charge is -2.06. The summed E-state index contributed by atoms with van der Waals surface area (Å²) in [6.07, 6.45) is 5.00. The highest BCUT2D eigenvalue weighted by atomic mass is 32.1. The number of hydrogen-bond acceptors (Lipinski definition) is 8. The number of fused-ring (bicyclic) bond motifs is 1. The molecule has 0 aliphatic heterocycles. The van der Waals surface area contributed by atoms with Crippen molar-refractivity contribution in [3.63, 3.8) is 0 Å². The van der Waals surface area contributed by atoms with E-state index in [1.54, 1.807) is 43.8 Å². The normalized spacial score (nSPS) is 11.1. The van der Waals surface area contributed by atoms with Crippen LogP contribution >= 0.6 is 11.3 Å². The SMILES string of the molecule is Cc1noc2nc(-c3ccco3)cc(C(=O)NCc3nc(-c4ccncc4)cs3)c12. The number of hydrogen-bond donors (Lipinski definition) is 1. The van der Waals surface area contributed by atoms with E-state index in [9.17, 15) is 4.79 Å². The third-order valence-corrected chi connectivity index (χ3v) is 5.41. The van der Waals surface area contributed by atoms with E-state index in [4.69, 9.17) is 8.94 Å². The highest BCUT2D eigenvalue weighted by molar-refractivity contribution is 7.09. The number of nitrogens with zero attached hydrogens (tertiary/aromatic N) is 4. The van der Waals surface area contributed by atoms with E-state index in [1.165, 1.54) is 11.3 Å². The summed E-state index contributed by atoms with van der Waals surface area (Å²) in [7, 11) is 0. The number of rotatable bonds is 5. The van der Waals surface area contributed by atoms with Crippen LogP contribution in [0.1, 0.15) is 21.1 Å². The van der Waals surface area contributed by atoms with Crippen molar-refractivity contribution in [2.24, 2.45) is 0 Å². The van der Waals surface area contributed by atoms with E-state index in [0.29, 0.717) is 40.4 Å². The van der Waals surface area contributed by atoms with Gasteiger partial charge in [0.1, 0.15) is 10.7 Å². The van der Waals surface area contributed by atoms with Crippen LogP contribution in [-0.4, -0.2) is 26.0 Å². The molecule has 5 aromatic rings. The van der Waals surface area contributed by atoms with Gasteiger partial charge in [0.2, 0.25) is 0 Å². The fourth-order valence-corrected chi connectivity index (χ4v) is 3.87. The predicted molar refractivity (Wildman–Crippen MR) is 111 cm³/mol. The molecule has 0 fully saturated rings. The summed E-state index contributed by atoms with van der Waals surface area (Å²) < 4.78 is 10.7. The molecule has 0 aromatic carbocycles. The molecule has 0 saturated carbocycles. The summed E-state index contributed by atoms with van der Waals surface area (Å²) in [5.74, 6) is 0.282. The van der Waals surface area contributed by atoms with Crippen molar-refractivity contribution in [2.75, 3.05) is 0 Å². The Morgan fingerprint density at radius 2 is 2.03 bits per heavy atom. The van der Waals surface area contributed by atoms with Gasteiger partial charge in [-0.25, -0.2) is 9.97 Å². The molecule has 5 aromatic heterocycles. The summed E-state index contributed by atoms with van der Waals surface area (Å²) in [6.45, 7) is 2.08. The van der Waals surface area contributed by atoms with Crippen LogP contribution in [-0.2, 0) is 6.54 Å². The summed E-state index contributed by atoms with van der Waals surface area (Å²) in [4.78, 5) is 26.0. The number of aromatic nitrogens is 4. The zero-order chi connectivity index (χ0) is 20.5. The molecular weight excluding hydrogens is 402 g/mol. The second-order valence-electron chi connectivity index (χ2n) is 6.53. The first-order valence-electron chi connectivity index (χ1n) is 9.13. The standard InChI is InChI=1S/C21H15N5O3S/c1-12-19-14(9-15(17-3-2-8-28-17)25-21(19)29-26-12)20(27)23-10-18-24-16(11-30-18)13-4-6-22-7-5-13/h2-9,11H,10H2,1H3,(H,23,27). The molecule has 1 N–H and O–H groups in total. The number of furan rings is 1. The molecule has 8 nitrogen and oxygen atoms in total. The van der Waals surface area contributed by atoms with Crippen molar-refractivity contribution in [1.29, 1.82) is 0 Å². The van der Waals surface area contributed by atoms with Gasteiger partial charge in [0, 0.05) is 23.3 Å². The van der Waals surface area contributed by atoms with Crippen molar-refractivity contribution >= 4 is 28.3 Å². The first kappa shape index (κ1) is 18.2. The molecule has 0 aliphatic rings. The molecule has 0 aliphatic carbocycles. The third-order valence-electron chi connectivity index (χ3n) is 4.56. The Hall–Kier alpha value is -3.85. The Kier molecular flexibility index (Phi) is 4.56. The fraction of sp³-hybridized carbons (Fsp3) is 0.0952. The van der Waals surface area contributed by atoms with Gasteiger partial charge in [0.25, 0.3) is 11.6 Å². The molecule has 30 heavy (non-hydrogen) atoms. The molecule has 148 valence electrons. The van der Waals surface area contributed by atoms with Crippen molar-refractivity contribution < 1.29 is 13.7 Å². The van der Waals surface area contributed by atoms with Crippen LogP contribution in [0.5, 0.6) is 0 Å². The number of pyridine rings is 2. The van der Waals surface area contributed by atoms with Gasteiger partial charge in [-0.2, -0.15) is 0 Å². The van der Waals surface area contributed by atoms with Crippen LogP contribution < -0.4 is 5.32 Å². The maximum absolute atomic E-state index is 13.0. The second kappa shape index (κ2) is 7.53. The quantitative estimate of drug-likeness (QED) is 0.456. The smallest absolute Gasteiger partial charge is 0.259 e. The van der Waals surface area contributed by atoms with E-state index < -0.39 is 0 Å². The number of thiazole rings is 1. The topological polar surface area (TPSA) is 107 Å². The molecular formula is C21H15N5O3S. The lowest BCUT2D eigenvalue weighted by atomic mass is 10.1. The van der Waals surface area contributed by atoms with Crippen LogP contribution in [0.2, 0.25) is 0 Å². The van der Waals surface area contributed by atoms with Gasteiger partial charge in [0.15, 0.2) is 5.76 Å². The Morgan fingerprint density at radius 3 is 2.83 bits per heavy atom. The maximum atomic E-state index is 13.0. The first-order valence-corrected chi connectivity index (χ1v) is 10.0. The largest absolute Gasteiger partial charge is 0.463 e. The van der Waals surface area contributed by atoms with Crippen molar-refractivity contribution in [3.8, 4) is 22.7 Å². The van der Waals surface area contributed by atoms with E-state index in [2.05, 4.69) is 25.4 Å². The van der Waals surface area contributed by atoms with Gasteiger partial charge in [0.05, 0.1) is 35.1 Å². The van der Waals surface area contributed by atoms with Crippen molar-refractivity contribution in [2.45, 2.75) is 13.5 Å². The van der Waals surface area contributed by atoms with Crippen LogP contribution in [0.3, 0.4) is 0 Å². The average Bonchev–Trinajstić information content (AvgIpc) is 3.54. The zero-order valence-electron chi connectivity index (χ0n) is 15.8. The Bertz CT molecular complexity index is 1330. The van der Waals surface area contributed by atoms with E-state index in [-0.39, 0.29) is 5.91 Å². The minimum absolute atomic E-state index is 0.262. The van der Waals surface area contributed by atoms with Crippen LogP contribution in [0.25, 0.3) is 33.8 Å². The van der Waals surface area contributed by atoms with Gasteiger partial charge in [-0.15, -0.1) is 11.3 Å². The molecule has 0 unspecified atom stereocenters. The summed E-state index contributed by atoms with van der Waals surface area (Å²) in [5.41, 5.74) is 3.66. The van der Waals surface area contributed by atoms with E-state index >= 15 is 0 Å². The van der Waals surface area contributed by atoms with Crippen molar-refractivity contribution in [3.05, 3.63) is 70.6 Å². The molecule has 9 heteroatoms. The van der Waals surface area contributed by atoms with E-state index in [1.807, 2.05) is 17.5 Å². The molecule has 0 bridgehead atoms. The number of amides is 1. The zero-order valence-corrected chi connectivity index (χ0v) is 16.6. The summed E-state index contributed by atoms with van der Waals surface area (Å²) in [6, 6.07) is 9.02. The Balaban J connectivity index is 1.41. The number of carbonyl (C=O) groups excluding carboxylic acids is 1. The van der Waals surface area contributed by atoms with Gasteiger partial charge >= 0.3 is 0 Å².